The third-order valence-electron chi connectivity index (χ3n) is 4.22. The molecule has 2 aromatic heterocycles. The molecular formula is C16H23N5. The van der Waals surface area contributed by atoms with Gasteiger partial charge in [0.2, 0.25) is 0 Å². The molecule has 21 heavy (non-hydrogen) atoms. The van der Waals surface area contributed by atoms with Crippen molar-refractivity contribution in [3.05, 3.63) is 35.5 Å². The number of aromatic nitrogens is 4. The van der Waals surface area contributed by atoms with E-state index >= 15 is 0 Å². The zero-order valence-electron chi connectivity index (χ0n) is 13.2. The predicted octanol–water partition coefficient (Wildman–Crippen LogP) is 2.55. The number of nitrogens with zero attached hydrogens (tertiary/aromatic N) is 5. The largest absolute Gasteiger partial charge is 0.354 e. The summed E-state index contributed by atoms with van der Waals surface area (Å²) in [6.07, 6.45) is 3.99. The van der Waals surface area contributed by atoms with Crippen molar-refractivity contribution < 1.29 is 0 Å². The summed E-state index contributed by atoms with van der Waals surface area (Å²) in [7, 11) is 0. The maximum atomic E-state index is 4.45. The van der Waals surface area contributed by atoms with Crippen molar-refractivity contribution in [3.63, 3.8) is 0 Å². The molecule has 1 aliphatic rings. The molecular weight excluding hydrogens is 262 g/mol. The van der Waals surface area contributed by atoms with E-state index < -0.39 is 0 Å². The van der Waals surface area contributed by atoms with E-state index in [1.807, 2.05) is 13.1 Å². The maximum Gasteiger partial charge on any atom is 0.151 e. The summed E-state index contributed by atoms with van der Waals surface area (Å²) in [5.74, 6) is 3.32. The highest BCUT2D eigenvalue weighted by molar-refractivity contribution is 5.43. The third kappa shape index (κ3) is 2.77. The van der Waals surface area contributed by atoms with Crippen LogP contribution < -0.4 is 4.90 Å². The fraction of sp³-hybridized carbons (Fsp3) is 0.562. The monoisotopic (exact) mass is 285 g/mol. The summed E-state index contributed by atoms with van der Waals surface area (Å²) < 4.78 is 2.29. The van der Waals surface area contributed by atoms with Gasteiger partial charge < -0.3 is 9.47 Å². The Morgan fingerprint density at radius 2 is 2.00 bits per heavy atom. The first-order valence-corrected chi connectivity index (χ1v) is 7.61. The quantitative estimate of drug-likeness (QED) is 0.866. The number of rotatable bonds is 4. The first-order chi connectivity index (χ1) is 10.0. The van der Waals surface area contributed by atoms with Crippen LogP contribution in [-0.2, 0) is 6.54 Å². The number of imidazole rings is 1. The molecule has 0 amide bonds. The molecule has 0 spiro atoms. The minimum Gasteiger partial charge on any atom is -0.354 e. The average Bonchev–Trinajstić information content (AvgIpc) is 2.85. The van der Waals surface area contributed by atoms with Crippen LogP contribution in [0.2, 0.25) is 0 Å². The Balaban J connectivity index is 1.60. The van der Waals surface area contributed by atoms with Gasteiger partial charge in [-0.15, -0.1) is 5.10 Å². The highest BCUT2D eigenvalue weighted by Crippen LogP contribution is 2.25. The van der Waals surface area contributed by atoms with E-state index in [9.17, 15) is 0 Å². The minimum atomic E-state index is 0.474. The second kappa shape index (κ2) is 5.47. The summed E-state index contributed by atoms with van der Waals surface area (Å²) in [6.45, 7) is 11.6. The fourth-order valence-electron chi connectivity index (χ4n) is 2.81. The highest BCUT2D eigenvalue weighted by atomic mass is 15.3. The zero-order valence-corrected chi connectivity index (χ0v) is 13.2. The first-order valence-electron chi connectivity index (χ1n) is 7.61. The van der Waals surface area contributed by atoms with Crippen LogP contribution in [-0.4, -0.2) is 32.8 Å². The van der Waals surface area contributed by atoms with Gasteiger partial charge in [-0.2, -0.15) is 5.10 Å². The van der Waals surface area contributed by atoms with E-state index in [0.29, 0.717) is 11.8 Å². The molecule has 5 nitrogen and oxygen atoms in total. The molecule has 2 aromatic rings. The molecule has 1 saturated heterocycles. The van der Waals surface area contributed by atoms with Crippen LogP contribution in [0.1, 0.15) is 36.8 Å². The van der Waals surface area contributed by atoms with E-state index in [4.69, 9.17) is 0 Å². The van der Waals surface area contributed by atoms with Crippen LogP contribution >= 0.6 is 0 Å². The van der Waals surface area contributed by atoms with Gasteiger partial charge in [0.15, 0.2) is 5.82 Å². The van der Waals surface area contributed by atoms with Gasteiger partial charge in [-0.25, -0.2) is 4.98 Å². The average molecular weight is 285 g/mol. The Morgan fingerprint density at radius 1 is 1.24 bits per heavy atom. The van der Waals surface area contributed by atoms with Crippen LogP contribution in [0.15, 0.2) is 18.5 Å². The van der Waals surface area contributed by atoms with Crippen molar-refractivity contribution in [2.75, 3.05) is 18.0 Å². The summed E-state index contributed by atoms with van der Waals surface area (Å²) in [6, 6.07) is 2.13. The predicted molar refractivity (Wildman–Crippen MR) is 83.5 cm³/mol. The topological polar surface area (TPSA) is 46.8 Å². The first kappa shape index (κ1) is 14.0. The maximum absolute atomic E-state index is 4.45. The minimum absolute atomic E-state index is 0.474. The van der Waals surface area contributed by atoms with Crippen molar-refractivity contribution >= 4 is 5.82 Å². The molecule has 0 N–H and O–H groups in total. The Hall–Kier alpha value is -1.91. The highest BCUT2D eigenvalue weighted by Gasteiger charge is 2.29. The smallest absolute Gasteiger partial charge is 0.151 e. The molecule has 0 aliphatic carbocycles. The lowest BCUT2D eigenvalue weighted by Gasteiger charge is -2.40. The Kier molecular flexibility index (Phi) is 3.66. The Labute approximate surface area is 126 Å². The standard InChI is InChI=1S/C16H23N5/c1-11(2)16-17-5-6-20(16)8-14-9-21(10-14)15-7-12(3)13(4)18-19-15/h5-7,11,14H,8-10H2,1-4H3. The van der Waals surface area contributed by atoms with Crippen LogP contribution in [0.5, 0.6) is 0 Å². The van der Waals surface area contributed by atoms with E-state index in [-0.39, 0.29) is 0 Å². The lowest BCUT2D eigenvalue weighted by molar-refractivity contribution is 0.348. The zero-order chi connectivity index (χ0) is 15.0. The van der Waals surface area contributed by atoms with Crippen LogP contribution in [0.4, 0.5) is 5.82 Å². The molecule has 0 aromatic carbocycles. The molecule has 0 radical (unpaired) electrons. The van der Waals surface area contributed by atoms with Gasteiger partial charge in [0.1, 0.15) is 5.82 Å². The SMILES string of the molecule is Cc1cc(N2CC(Cn3ccnc3C(C)C)C2)nnc1C. The lowest BCUT2D eigenvalue weighted by atomic mass is 9.99. The second-order valence-electron chi connectivity index (χ2n) is 6.33. The molecule has 5 heteroatoms. The number of hydrogen-bond acceptors (Lipinski definition) is 4. The summed E-state index contributed by atoms with van der Waals surface area (Å²) >= 11 is 0. The number of anilines is 1. The molecule has 3 heterocycles. The molecule has 1 aliphatic heterocycles. The van der Waals surface area contributed by atoms with Crippen molar-refractivity contribution in [2.24, 2.45) is 5.92 Å². The van der Waals surface area contributed by atoms with Gasteiger partial charge in [-0.1, -0.05) is 13.8 Å². The van der Waals surface area contributed by atoms with E-state index in [1.54, 1.807) is 0 Å². The molecule has 3 rings (SSSR count). The fourth-order valence-corrected chi connectivity index (χ4v) is 2.81. The molecule has 0 unspecified atom stereocenters. The molecule has 112 valence electrons. The van der Waals surface area contributed by atoms with E-state index in [1.165, 1.54) is 11.4 Å². The summed E-state index contributed by atoms with van der Waals surface area (Å²) in [5, 5.41) is 8.51. The summed E-state index contributed by atoms with van der Waals surface area (Å²) in [4.78, 5) is 6.75. The third-order valence-corrected chi connectivity index (χ3v) is 4.22. The van der Waals surface area contributed by atoms with Gasteiger partial charge in [0.25, 0.3) is 0 Å². The number of hydrogen-bond donors (Lipinski definition) is 0. The van der Waals surface area contributed by atoms with Crippen molar-refractivity contribution in [1.29, 1.82) is 0 Å². The van der Waals surface area contributed by atoms with Gasteiger partial charge in [-0.05, 0) is 25.5 Å². The van der Waals surface area contributed by atoms with Gasteiger partial charge in [-0.3, -0.25) is 0 Å². The van der Waals surface area contributed by atoms with Crippen LogP contribution in [0, 0.1) is 19.8 Å². The lowest BCUT2D eigenvalue weighted by Crippen LogP contribution is -2.49. The summed E-state index contributed by atoms with van der Waals surface area (Å²) in [5.41, 5.74) is 2.22. The van der Waals surface area contributed by atoms with Gasteiger partial charge in [0.05, 0.1) is 5.69 Å². The van der Waals surface area contributed by atoms with Gasteiger partial charge in [0, 0.05) is 43.9 Å². The molecule has 0 atom stereocenters. The molecule has 0 saturated carbocycles. The van der Waals surface area contributed by atoms with Crippen molar-refractivity contribution in [1.82, 2.24) is 19.7 Å². The molecule has 1 fully saturated rings. The van der Waals surface area contributed by atoms with Crippen molar-refractivity contribution in [3.8, 4) is 0 Å². The number of aryl methyl sites for hydroxylation is 2. The van der Waals surface area contributed by atoms with E-state index in [2.05, 4.69) is 57.7 Å². The van der Waals surface area contributed by atoms with E-state index in [0.717, 1.165) is 31.1 Å². The Bertz CT molecular complexity index is 625. The van der Waals surface area contributed by atoms with Crippen molar-refractivity contribution in [2.45, 2.75) is 40.2 Å². The van der Waals surface area contributed by atoms with Crippen LogP contribution in [0.25, 0.3) is 0 Å². The second-order valence-corrected chi connectivity index (χ2v) is 6.33. The van der Waals surface area contributed by atoms with Gasteiger partial charge >= 0.3 is 0 Å². The Morgan fingerprint density at radius 3 is 2.67 bits per heavy atom. The molecule has 0 bridgehead atoms. The normalized spacial score (nSPS) is 15.6. The van der Waals surface area contributed by atoms with Crippen LogP contribution in [0.3, 0.4) is 0 Å².